The Morgan fingerprint density at radius 1 is 1.34 bits per heavy atom. The van der Waals surface area contributed by atoms with Crippen LogP contribution in [0.15, 0.2) is 34.0 Å². The number of anilines is 1. The molecule has 12 heteroatoms. The van der Waals surface area contributed by atoms with E-state index in [9.17, 15) is 27.5 Å². The van der Waals surface area contributed by atoms with Crippen LogP contribution >= 0.6 is 11.8 Å². The molecule has 9 nitrogen and oxygen atoms in total. The molecule has 1 atom stereocenters. The molecule has 1 aromatic rings. The van der Waals surface area contributed by atoms with E-state index >= 15 is 0 Å². The maximum Gasteiger partial charge on any atom is 0.411 e. The van der Waals surface area contributed by atoms with Crippen LogP contribution in [0.3, 0.4) is 0 Å². The molecule has 1 heterocycles. The molecule has 0 saturated heterocycles. The number of hydrogen-bond donors (Lipinski definition) is 1. The highest BCUT2D eigenvalue weighted by Crippen LogP contribution is 2.41. The first-order valence-corrected chi connectivity index (χ1v) is 12.6. The maximum absolute atomic E-state index is 13.9. The Balaban J connectivity index is 2.60. The van der Waals surface area contributed by atoms with Gasteiger partial charge in [-0.3, -0.25) is 4.90 Å². The summed E-state index contributed by atoms with van der Waals surface area (Å²) < 4.78 is 51.5. The summed E-state index contributed by atoms with van der Waals surface area (Å²) in [6.07, 6.45) is 2.98. The number of carbonyl (C=O) groups excluding carboxylic acids is 1. The summed E-state index contributed by atoms with van der Waals surface area (Å²) in [5, 5.41) is 9.79. The molecule has 0 spiro atoms. The lowest BCUT2D eigenvalue weighted by molar-refractivity contribution is -0.140. The smallest absolute Gasteiger partial charge is 0.411 e. The van der Waals surface area contributed by atoms with Gasteiger partial charge in [-0.15, -0.1) is 11.8 Å². The number of carboxylic acid groups (broad SMARTS) is 1. The van der Waals surface area contributed by atoms with Crippen LogP contribution in [0.5, 0.6) is 5.75 Å². The van der Waals surface area contributed by atoms with Gasteiger partial charge in [-0.25, -0.2) is 18.0 Å². The molecule has 2 rings (SSSR count). The van der Waals surface area contributed by atoms with Crippen LogP contribution in [-0.2, 0) is 19.6 Å². The predicted octanol–water partition coefficient (Wildman–Crippen LogP) is 3.84. The molecule has 0 aliphatic carbocycles. The number of carbonyl (C=O) groups is 2. The van der Waals surface area contributed by atoms with Crippen molar-refractivity contribution < 1.29 is 37.0 Å². The number of sulfonamides is 1. The Bertz CT molecular complexity index is 998. The summed E-state index contributed by atoms with van der Waals surface area (Å²) in [5.41, 5.74) is -0.00473. The standard InChI is InChI=1S/C20H27FN2O7S2/c1-5-7-8-13-11-23(20(25)26)15-9-17(31-4)16(10-18(15)32(27,28)22(13)3)30-12-14(21)19(24)29-6-2/h9-10,12-13H,5-8,11H2,1-4H3,(H,25,26). The van der Waals surface area contributed by atoms with E-state index in [1.165, 1.54) is 24.3 Å². The number of ether oxygens (including phenoxy) is 2. The maximum atomic E-state index is 13.9. The fourth-order valence-corrected chi connectivity index (χ4v) is 5.33. The van der Waals surface area contributed by atoms with Gasteiger partial charge in [0.25, 0.3) is 0 Å². The zero-order valence-corrected chi connectivity index (χ0v) is 20.0. The van der Waals surface area contributed by atoms with E-state index in [0.29, 0.717) is 17.6 Å². The van der Waals surface area contributed by atoms with Crippen molar-refractivity contribution in [2.24, 2.45) is 0 Å². The summed E-state index contributed by atoms with van der Waals surface area (Å²) in [4.78, 5) is 24.6. The topological polar surface area (TPSA) is 113 Å². The number of thioether (sulfide) groups is 1. The largest absolute Gasteiger partial charge is 0.465 e. The number of nitrogens with zero attached hydrogens (tertiary/aromatic N) is 2. The normalized spacial score (nSPS) is 18.6. The summed E-state index contributed by atoms with van der Waals surface area (Å²) in [7, 11) is -2.67. The minimum atomic E-state index is -4.08. The molecule has 0 saturated carbocycles. The van der Waals surface area contributed by atoms with Crippen molar-refractivity contribution in [2.45, 2.75) is 48.9 Å². The number of halogens is 1. The van der Waals surface area contributed by atoms with Crippen LogP contribution in [0.1, 0.15) is 33.1 Å². The zero-order valence-electron chi connectivity index (χ0n) is 18.3. The average Bonchev–Trinajstić information content (AvgIpc) is 2.83. The van der Waals surface area contributed by atoms with E-state index in [0.717, 1.165) is 35.6 Å². The zero-order chi connectivity index (χ0) is 24.1. The lowest BCUT2D eigenvalue weighted by Crippen LogP contribution is -2.43. The average molecular weight is 491 g/mol. The Hall–Kier alpha value is -2.31. The number of fused-ring (bicyclic) bond motifs is 1. The molecule has 1 unspecified atom stereocenters. The van der Waals surface area contributed by atoms with Gasteiger partial charge >= 0.3 is 12.1 Å². The van der Waals surface area contributed by atoms with Crippen LogP contribution in [0, 0.1) is 0 Å². The Kier molecular flexibility index (Phi) is 8.93. The van der Waals surface area contributed by atoms with Crippen molar-refractivity contribution in [3.05, 3.63) is 24.2 Å². The lowest BCUT2D eigenvalue weighted by Gasteiger charge is -2.26. The number of amides is 1. The van der Waals surface area contributed by atoms with E-state index in [1.807, 2.05) is 6.92 Å². The van der Waals surface area contributed by atoms with Gasteiger partial charge in [0, 0.05) is 25.7 Å². The summed E-state index contributed by atoms with van der Waals surface area (Å²) in [5.74, 6) is -2.54. The number of benzene rings is 1. The van der Waals surface area contributed by atoms with Crippen molar-refractivity contribution in [1.29, 1.82) is 0 Å². The van der Waals surface area contributed by atoms with E-state index in [2.05, 4.69) is 4.74 Å². The van der Waals surface area contributed by atoms with Crippen LogP contribution in [0.4, 0.5) is 14.9 Å². The molecule has 0 bridgehead atoms. The molecule has 32 heavy (non-hydrogen) atoms. The second-order valence-electron chi connectivity index (χ2n) is 6.99. The van der Waals surface area contributed by atoms with E-state index in [1.54, 1.807) is 6.26 Å². The number of hydrogen-bond acceptors (Lipinski definition) is 7. The molecule has 1 aliphatic rings. The quantitative estimate of drug-likeness (QED) is 0.253. The minimum Gasteiger partial charge on any atom is -0.465 e. The summed E-state index contributed by atoms with van der Waals surface area (Å²) in [6, 6.07) is 1.99. The van der Waals surface area contributed by atoms with Crippen molar-refractivity contribution in [3.8, 4) is 5.75 Å². The van der Waals surface area contributed by atoms with Crippen LogP contribution in [0.25, 0.3) is 0 Å². The fourth-order valence-electron chi connectivity index (χ4n) is 3.23. The predicted molar refractivity (Wildman–Crippen MR) is 118 cm³/mol. The third-order valence-corrected chi connectivity index (χ3v) is 7.68. The van der Waals surface area contributed by atoms with Crippen molar-refractivity contribution >= 4 is 39.5 Å². The van der Waals surface area contributed by atoms with Gasteiger partial charge in [-0.2, -0.15) is 8.70 Å². The van der Waals surface area contributed by atoms with Crippen LogP contribution in [-0.4, -0.2) is 62.4 Å². The number of unbranched alkanes of at least 4 members (excludes halogenated alkanes) is 1. The highest BCUT2D eigenvalue weighted by Gasteiger charge is 2.39. The number of esters is 1. The van der Waals surface area contributed by atoms with E-state index in [-0.39, 0.29) is 29.5 Å². The van der Waals surface area contributed by atoms with Crippen LogP contribution in [0.2, 0.25) is 0 Å². The highest BCUT2D eigenvalue weighted by molar-refractivity contribution is 7.98. The van der Waals surface area contributed by atoms with Gasteiger partial charge in [0.15, 0.2) is 0 Å². The van der Waals surface area contributed by atoms with Crippen molar-refractivity contribution in [1.82, 2.24) is 4.31 Å². The first-order valence-electron chi connectivity index (χ1n) is 9.98. The number of likely N-dealkylation sites (N-methyl/N-ethyl adjacent to an activating group) is 1. The van der Waals surface area contributed by atoms with Gasteiger partial charge in [-0.05, 0) is 25.7 Å². The van der Waals surface area contributed by atoms with Crippen LogP contribution < -0.4 is 9.64 Å². The summed E-state index contributed by atoms with van der Waals surface area (Å²) >= 11 is 1.15. The third-order valence-electron chi connectivity index (χ3n) is 4.98. The molecule has 1 N–H and O–H groups in total. The van der Waals surface area contributed by atoms with Gasteiger partial charge in [0.1, 0.15) is 16.9 Å². The molecule has 1 aromatic carbocycles. The molecular weight excluding hydrogens is 463 g/mol. The lowest BCUT2D eigenvalue weighted by atomic mass is 10.1. The van der Waals surface area contributed by atoms with E-state index in [4.69, 9.17) is 4.74 Å². The van der Waals surface area contributed by atoms with Gasteiger partial charge in [0.05, 0.1) is 17.2 Å². The Morgan fingerprint density at radius 2 is 2.03 bits per heavy atom. The SMILES string of the molecule is CCCCC1CN(C(=O)O)c2cc(SC)c(OC=C(F)C(=O)OCC)cc2S(=O)(=O)N1C. The fraction of sp³-hybridized carbons (Fsp3) is 0.500. The summed E-state index contributed by atoms with van der Waals surface area (Å²) in [6.45, 7) is 3.44. The van der Waals surface area contributed by atoms with Gasteiger partial charge < -0.3 is 14.6 Å². The third kappa shape index (κ3) is 5.54. The highest BCUT2D eigenvalue weighted by atomic mass is 32.2. The molecular formula is C20H27FN2O7S2. The Labute approximate surface area is 191 Å². The first-order chi connectivity index (χ1) is 15.1. The Morgan fingerprint density at radius 3 is 2.59 bits per heavy atom. The van der Waals surface area contributed by atoms with Gasteiger partial charge in [-0.1, -0.05) is 19.8 Å². The first kappa shape index (κ1) is 25.9. The molecule has 0 radical (unpaired) electrons. The molecule has 0 aromatic heterocycles. The number of rotatable bonds is 8. The molecule has 178 valence electrons. The minimum absolute atomic E-state index is 0.00473. The van der Waals surface area contributed by atoms with Gasteiger partial charge in [0.2, 0.25) is 15.9 Å². The molecule has 1 aliphatic heterocycles. The monoisotopic (exact) mass is 490 g/mol. The second kappa shape index (κ2) is 11.0. The van der Waals surface area contributed by atoms with Crippen molar-refractivity contribution in [2.75, 3.05) is 31.4 Å². The molecule has 0 fully saturated rings. The second-order valence-corrected chi connectivity index (χ2v) is 9.80. The molecule has 1 amide bonds. The van der Waals surface area contributed by atoms with Crippen molar-refractivity contribution in [3.63, 3.8) is 0 Å². The van der Waals surface area contributed by atoms with E-state index < -0.39 is 34.0 Å².